The van der Waals surface area contributed by atoms with Gasteiger partial charge in [-0.05, 0) is 33.2 Å². The Bertz CT molecular complexity index is 427. The first kappa shape index (κ1) is 15.0. The van der Waals surface area contributed by atoms with Gasteiger partial charge in [-0.2, -0.15) is 0 Å². The van der Waals surface area contributed by atoms with Crippen molar-refractivity contribution in [1.29, 1.82) is 0 Å². The molecule has 0 saturated carbocycles. The zero-order valence-corrected chi connectivity index (χ0v) is 13.1. The second kappa shape index (κ2) is 4.93. The Balaban J connectivity index is 3.58. The van der Waals surface area contributed by atoms with E-state index < -0.39 is 0 Å². The van der Waals surface area contributed by atoms with Gasteiger partial charge in [0.1, 0.15) is 5.75 Å². The predicted octanol–water partition coefficient (Wildman–Crippen LogP) is 3.76. The van der Waals surface area contributed by atoms with Crippen molar-refractivity contribution in [2.24, 2.45) is 0 Å². The maximum atomic E-state index is 5.71. The molecule has 1 aromatic rings. The molecule has 1 aromatic carbocycles. The van der Waals surface area contributed by atoms with Crippen LogP contribution >= 0.6 is 0 Å². The van der Waals surface area contributed by atoms with Gasteiger partial charge in [-0.15, -0.1) is 0 Å². The summed E-state index contributed by atoms with van der Waals surface area (Å²) < 4.78 is 5.71. The lowest BCUT2D eigenvalue weighted by Crippen LogP contribution is -2.34. The first-order valence-electron chi connectivity index (χ1n) is 6.52. The highest BCUT2D eigenvalue weighted by molar-refractivity contribution is 5.50. The topological polar surface area (TPSA) is 21.3 Å². The summed E-state index contributed by atoms with van der Waals surface area (Å²) >= 11 is 0. The number of aryl methyl sites for hydroxylation is 1. The Morgan fingerprint density at radius 1 is 1.00 bits per heavy atom. The van der Waals surface area contributed by atoms with Gasteiger partial charge >= 0.3 is 0 Å². The second-order valence-corrected chi connectivity index (χ2v) is 6.52. The lowest BCUT2D eigenvalue weighted by atomic mass is 9.81. The maximum absolute atomic E-state index is 5.71. The fourth-order valence-electron chi connectivity index (χ4n) is 2.15. The first-order chi connectivity index (χ1) is 8.13. The van der Waals surface area contributed by atoms with Crippen molar-refractivity contribution in [3.8, 4) is 5.75 Å². The van der Waals surface area contributed by atoms with Crippen molar-refractivity contribution in [2.45, 2.75) is 52.5 Å². The molecular formula is C16H27NO. The third kappa shape index (κ3) is 2.86. The van der Waals surface area contributed by atoms with Gasteiger partial charge in [0.25, 0.3) is 0 Å². The van der Waals surface area contributed by atoms with E-state index in [0.717, 1.165) is 5.75 Å². The van der Waals surface area contributed by atoms with Crippen LogP contribution in [0.5, 0.6) is 5.75 Å². The highest BCUT2D eigenvalue weighted by Gasteiger charge is 2.28. The fraction of sp³-hybridized carbons (Fsp3) is 0.625. The normalized spacial score (nSPS) is 12.7. The Labute approximate surface area is 112 Å². The molecule has 0 amide bonds. The monoisotopic (exact) mass is 249 g/mol. The molecule has 0 bridgehead atoms. The van der Waals surface area contributed by atoms with Crippen LogP contribution in [0, 0.1) is 6.92 Å². The van der Waals surface area contributed by atoms with E-state index in [-0.39, 0.29) is 11.0 Å². The quantitative estimate of drug-likeness (QED) is 0.880. The maximum Gasteiger partial charge on any atom is 0.127 e. The van der Waals surface area contributed by atoms with Gasteiger partial charge in [-0.25, -0.2) is 0 Å². The van der Waals surface area contributed by atoms with Gasteiger partial charge < -0.3 is 10.1 Å². The van der Waals surface area contributed by atoms with Crippen LogP contribution in [0.25, 0.3) is 0 Å². The standard InChI is InChI=1S/C16H27NO/c1-11-9-12(15(2,3)4)14(18-8)13(10-11)16(5,6)17-7/h9-10,17H,1-8H3. The van der Waals surface area contributed by atoms with Gasteiger partial charge in [0.2, 0.25) is 0 Å². The molecule has 2 nitrogen and oxygen atoms in total. The van der Waals surface area contributed by atoms with Crippen molar-refractivity contribution in [1.82, 2.24) is 5.32 Å². The molecule has 0 aliphatic heterocycles. The molecule has 0 fully saturated rings. The molecular weight excluding hydrogens is 222 g/mol. The van der Waals surface area contributed by atoms with Crippen LogP contribution in [0.15, 0.2) is 12.1 Å². The average Bonchev–Trinajstić information content (AvgIpc) is 2.26. The molecule has 2 heteroatoms. The van der Waals surface area contributed by atoms with Crippen LogP contribution in [0.1, 0.15) is 51.3 Å². The summed E-state index contributed by atoms with van der Waals surface area (Å²) in [7, 11) is 3.74. The average molecular weight is 249 g/mol. The van der Waals surface area contributed by atoms with E-state index in [0.29, 0.717) is 0 Å². The van der Waals surface area contributed by atoms with Crippen LogP contribution in [0.2, 0.25) is 0 Å². The molecule has 0 atom stereocenters. The van der Waals surface area contributed by atoms with E-state index in [2.05, 4.69) is 59.0 Å². The van der Waals surface area contributed by atoms with Crippen molar-refractivity contribution in [2.75, 3.05) is 14.2 Å². The highest BCUT2D eigenvalue weighted by Crippen LogP contribution is 2.39. The molecule has 102 valence electrons. The van der Waals surface area contributed by atoms with Gasteiger partial charge in [0, 0.05) is 16.7 Å². The van der Waals surface area contributed by atoms with Crippen LogP contribution in [-0.2, 0) is 11.0 Å². The third-order valence-corrected chi connectivity index (χ3v) is 3.54. The lowest BCUT2D eigenvalue weighted by Gasteiger charge is -2.31. The summed E-state index contributed by atoms with van der Waals surface area (Å²) in [5.41, 5.74) is 3.74. The number of methoxy groups -OCH3 is 1. The fourth-order valence-corrected chi connectivity index (χ4v) is 2.15. The number of rotatable bonds is 3. The van der Waals surface area contributed by atoms with Crippen LogP contribution in [0.4, 0.5) is 0 Å². The Morgan fingerprint density at radius 3 is 1.89 bits per heavy atom. The minimum absolute atomic E-state index is 0.0793. The van der Waals surface area contributed by atoms with Crippen molar-refractivity contribution >= 4 is 0 Å². The summed E-state index contributed by atoms with van der Waals surface area (Å²) in [6.45, 7) is 13.2. The minimum Gasteiger partial charge on any atom is -0.496 e. The van der Waals surface area contributed by atoms with Gasteiger partial charge in [-0.3, -0.25) is 0 Å². The second-order valence-electron chi connectivity index (χ2n) is 6.52. The van der Waals surface area contributed by atoms with Crippen molar-refractivity contribution < 1.29 is 4.74 Å². The van der Waals surface area contributed by atoms with Gasteiger partial charge in [0.15, 0.2) is 0 Å². The SMILES string of the molecule is CNC(C)(C)c1cc(C)cc(C(C)(C)C)c1OC. The Hall–Kier alpha value is -1.02. The zero-order chi connectivity index (χ0) is 14.1. The van der Waals surface area contributed by atoms with Crippen molar-refractivity contribution in [3.63, 3.8) is 0 Å². The molecule has 1 rings (SSSR count). The molecule has 0 spiro atoms. The largest absolute Gasteiger partial charge is 0.496 e. The van der Waals surface area contributed by atoms with Crippen LogP contribution in [0.3, 0.4) is 0 Å². The van der Waals surface area contributed by atoms with E-state index in [4.69, 9.17) is 4.74 Å². The number of hydrogen-bond acceptors (Lipinski definition) is 2. The number of hydrogen-bond donors (Lipinski definition) is 1. The minimum atomic E-state index is -0.0998. The Morgan fingerprint density at radius 2 is 1.50 bits per heavy atom. The summed E-state index contributed by atoms with van der Waals surface area (Å²) in [5.74, 6) is 1.01. The molecule has 0 aromatic heterocycles. The van der Waals surface area contributed by atoms with E-state index in [1.54, 1.807) is 7.11 Å². The summed E-state index contributed by atoms with van der Waals surface area (Å²) in [6, 6.07) is 4.44. The van der Waals surface area contributed by atoms with E-state index in [9.17, 15) is 0 Å². The van der Waals surface area contributed by atoms with Gasteiger partial charge in [-0.1, -0.05) is 38.5 Å². The predicted molar refractivity (Wildman–Crippen MR) is 78.5 cm³/mol. The molecule has 1 N–H and O–H groups in total. The zero-order valence-electron chi connectivity index (χ0n) is 13.1. The number of benzene rings is 1. The smallest absolute Gasteiger partial charge is 0.127 e. The van der Waals surface area contributed by atoms with E-state index >= 15 is 0 Å². The van der Waals surface area contributed by atoms with Gasteiger partial charge in [0.05, 0.1) is 7.11 Å². The first-order valence-corrected chi connectivity index (χ1v) is 6.52. The summed E-state index contributed by atoms with van der Waals surface area (Å²) in [5, 5.41) is 3.36. The summed E-state index contributed by atoms with van der Waals surface area (Å²) in [4.78, 5) is 0. The van der Waals surface area contributed by atoms with E-state index in [1.807, 2.05) is 7.05 Å². The molecule has 0 saturated heterocycles. The highest BCUT2D eigenvalue weighted by atomic mass is 16.5. The number of nitrogens with one attached hydrogen (secondary N) is 1. The molecule has 0 aliphatic carbocycles. The number of ether oxygens (including phenoxy) is 1. The Kier molecular flexibility index (Phi) is 4.12. The summed E-state index contributed by atoms with van der Waals surface area (Å²) in [6.07, 6.45) is 0. The van der Waals surface area contributed by atoms with Crippen LogP contribution < -0.4 is 10.1 Å². The molecule has 0 heterocycles. The molecule has 18 heavy (non-hydrogen) atoms. The molecule has 0 radical (unpaired) electrons. The molecule has 0 unspecified atom stereocenters. The van der Waals surface area contributed by atoms with Crippen LogP contribution in [-0.4, -0.2) is 14.2 Å². The van der Waals surface area contributed by atoms with Crippen molar-refractivity contribution in [3.05, 3.63) is 28.8 Å². The van der Waals surface area contributed by atoms with E-state index in [1.165, 1.54) is 16.7 Å². The molecule has 0 aliphatic rings. The lowest BCUT2D eigenvalue weighted by molar-refractivity contribution is 0.362. The third-order valence-electron chi connectivity index (χ3n) is 3.54.